The van der Waals surface area contributed by atoms with Crippen molar-refractivity contribution < 1.29 is 23.8 Å². The Hall–Kier alpha value is -2.04. The van der Waals surface area contributed by atoms with Crippen LogP contribution in [0.5, 0.6) is 5.75 Å². The summed E-state index contributed by atoms with van der Waals surface area (Å²) in [6.07, 6.45) is 9.64. The van der Waals surface area contributed by atoms with Gasteiger partial charge in [-0.25, -0.2) is 0 Å². The van der Waals surface area contributed by atoms with E-state index in [1.54, 1.807) is 0 Å². The third-order valence-electron chi connectivity index (χ3n) is 8.82. The Kier molecular flexibility index (Phi) is 5.71. The lowest BCUT2D eigenvalue weighted by molar-refractivity contribution is -0.171. The summed E-state index contributed by atoms with van der Waals surface area (Å²) in [5.74, 6) is 1.88. The maximum absolute atomic E-state index is 11.9. The number of fused-ring (bicyclic) bond motifs is 5. The number of carbonyl (C=O) groups excluding carboxylic acids is 2. The molecule has 1 aromatic carbocycles. The van der Waals surface area contributed by atoms with E-state index >= 15 is 0 Å². The summed E-state index contributed by atoms with van der Waals surface area (Å²) in [4.78, 5) is 23.6. The van der Waals surface area contributed by atoms with Gasteiger partial charge in [0.15, 0.2) is 0 Å². The largest absolute Gasteiger partial charge is 0.490 e. The molecule has 0 aliphatic heterocycles. The fraction of sp³-hybridized carbons (Fsp3) is 0.704. The van der Waals surface area contributed by atoms with Crippen molar-refractivity contribution in [2.45, 2.75) is 103 Å². The van der Waals surface area contributed by atoms with Crippen LogP contribution in [0.25, 0.3) is 0 Å². The summed E-state index contributed by atoms with van der Waals surface area (Å²) in [6, 6.07) is 6.77. The average molecular weight is 441 g/mol. The van der Waals surface area contributed by atoms with Gasteiger partial charge in [-0.3, -0.25) is 9.59 Å². The molecule has 4 aliphatic rings. The minimum atomic E-state index is -0.349. The molecule has 3 fully saturated rings. The topological polar surface area (TPSA) is 61.8 Å². The standard InChI is InChI=1S/C27H36O5/c1-16(28)30-25-15-24-23-10-8-18-14-20(32-19-6-4-5-7-19)9-11-21(18)22(23)12-13-27(24,3)26(25)31-17(2)29/h9,11,14,19,22-26H,4-8,10,12-13,15H2,1-3H3/t22-,23-,24+,25-,26+,27+/m1/s1. The summed E-state index contributed by atoms with van der Waals surface area (Å²) < 4.78 is 17.7. The first-order valence-corrected chi connectivity index (χ1v) is 12.5. The van der Waals surface area contributed by atoms with Crippen LogP contribution in [-0.2, 0) is 25.5 Å². The highest BCUT2D eigenvalue weighted by molar-refractivity contribution is 5.67. The molecule has 6 atom stereocenters. The molecule has 5 rings (SSSR count). The SMILES string of the molecule is CC(=O)O[C@@H]1C[C@H]2[C@@H]3CCc4cc(OC5CCCC5)ccc4[C@H]3CC[C@]2(C)[C@H]1OC(C)=O. The zero-order chi connectivity index (χ0) is 22.5. The van der Waals surface area contributed by atoms with Gasteiger partial charge < -0.3 is 14.2 Å². The van der Waals surface area contributed by atoms with Crippen molar-refractivity contribution in [3.05, 3.63) is 29.3 Å². The summed E-state index contributed by atoms with van der Waals surface area (Å²) in [6.45, 7) is 5.15. The zero-order valence-corrected chi connectivity index (χ0v) is 19.6. The van der Waals surface area contributed by atoms with Crippen molar-refractivity contribution >= 4 is 11.9 Å². The molecule has 0 saturated heterocycles. The zero-order valence-electron chi connectivity index (χ0n) is 19.6. The number of ether oxygens (including phenoxy) is 3. The van der Waals surface area contributed by atoms with Crippen LogP contribution >= 0.6 is 0 Å². The van der Waals surface area contributed by atoms with Crippen LogP contribution < -0.4 is 4.74 Å². The van der Waals surface area contributed by atoms with Crippen LogP contribution in [0.3, 0.4) is 0 Å². The average Bonchev–Trinajstić information content (AvgIpc) is 3.34. The van der Waals surface area contributed by atoms with Gasteiger partial charge in [0.1, 0.15) is 18.0 Å². The predicted molar refractivity (Wildman–Crippen MR) is 120 cm³/mol. The molecule has 3 saturated carbocycles. The van der Waals surface area contributed by atoms with Crippen molar-refractivity contribution in [2.75, 3.05) is 0 Å². The first-order chi connectivity index (χ1) is 15.3. The first kappa shape index (κ1) is 21.8. The lowest BCUT2D eigenvalue weighted by atomic mass is 9.55. The Labute approximate surface area is 191 Å². The number of rotatable bonds is 4. The Morgan fingerprint density at radius 1 is 1.00 bits per heavy atom. The van der Waals surface area contributed by atoms with Crippen molar-refractivity contribution in [3.8, 4) is 5.75 Å². The van der Waals surface area contributed by atoms with Crippen molar-refractivity contribution in [2.24, 2.45) is 17.3 Å². The number of aryl methyl sites for hydroxylation is 1. The summed E-state index contributed by atoms with van der Waals surface area (Å²) in [7, 11) is 0. The number of esters is 2. The smallest absolute Gasteiger partial charge is 0.303 e. The highest BCUT2D eigenvalue weighted by Gasteiger charge is 2.61. The molecule has 0 unspecified atom stereocenters. The molecule has 32 heavy (non-hydrogen) atoms. The van der Waals surface area contributed by atoms with Gasteiger partial charge >= 0.3 is 11.9 Å². The Morgan fingerprint density at radius 2 is 1.75 bits per heavy atom. The predicted octanol–water partition coefficient (Wildman–Crippen LogP) is 5.34. The van der Waals surface area contributed by atoms with E-state index in [2.05, 4.69) is 25.1 Å². The second-order valence-corrected chi connectivity index (χ2v) is 10.8. The van der Waals surface area contributed by atoms with Gasteiger partial charge in [0.2, 0.25) is 0 Å². The molecule has 0 bridgehead atoms. The van der Waals surface area contributed by atoms with Crippen molar-refractivity contribution in [1.29, 1.82) is 0 Å². The molecule has 5 heteroatoms. The molecule has 0 aromatic heterocycles. The molecule has 0 radical (unpaired) electrons. The van der Waals surface area contributed by atoms with Crippen LogP contribution in [-0.4, -0.2) is 30.3 Å². The van der Waals surface area contributed by atoms with Crippen molar-refractivity contribution in [1.82, 2.24) is 0 Å². The van der Waals surface area contributed by atoms with E-state index in [0.717, 1.165) is 37.9 Å². The summed E-state index contributed by atoms with van der Waals surface area (Å²) >= 11 is 0. The van der Waals surface area contributed by atoms with Crippen LogP contribution in [0, 0.1) is 17.3 Å². The van der Waals surface area contributed by atoms with Gasteiger partial charge in [0.05, 0.1) is 6.10 Å². The molecule has 174 valence electrons. The van der Waals surface area contributed by atoms with Gasteiger partial charge in [0.25, 0.3) is 0 Å². The van der Waals surface area contributed by atoms with Crippen molar-refractivity contribution in [3.63, 3.8) is 0 Å². The second-order valence-electron chi connectivity index (χ2n) is 10.8. The normalized spacial score (nSPS) is 36.0. The molecule has 0 spiro atoms. The van der Waals surface area contributed by atoms with E-state index in [1.165, 1.54) is 50.7 Å². The fourth-order valence-electron chi connectivity index (χ4n) is 7.49. The highest BCUT2D eigenvalue weighted by Crippen LogP contribution is 2.62. The van der Waals surface area contributed by atoms with Crippen LogP contribution in [0.2, 0.25) is 0 Å². The molecule has 0 amide bonds. The highest BCUT2D eigenvalue weighted by atomic mass is 16.6. The van der Waals surface area contributed by atoms with Gasteiger partial charge in [-0.2, -0.15) is 0 Å². The van der Waals surface area contributed by atoms with E-state index in [-0.39, 0.29) is 29.6 Å². The number of hydrogen-bond donors (Lipinski definition) is 0. The number of hydrogen-bond acceptors (Lipinski definition) is 5. The van der Waals surface area contributed by atoms with E-state index in [0.29, 0.717) is 23.9 Å². The van der Waals surface area contributed by atoms with Gasteiger partial charge in [-0.15, -0.1) is 0 Å². The maximum Gasteiger partial charge on any atom is 0.303 e. The Morgan fingerprint density at radius 3 is 2.47 bits per heavy atom. The number of benzene rings is 1. The molecule has 4 aliphatic carbocycles. The summed E-state index contributed by atoms with van der Waals surface area (Å²) in [5.41, 5.74) is 2.77. The lowest BCUT2D eigenvalue weighted by Gasteiger charge is -2.50. The van der Waals surface area contributed by atoms with Crippen LogP contribution in [0.1, 0.15) is 89.2 Å². The molecular formula is C27H36O5. The first-order valence-electron chi connectivity index (χ1n) is 12.5. The van der Waals surface area contributed by atoms with E-state index < -0.39 is 0 Å². The van der Waals surface area contributed by atoms with Gasteiger partial charge in [-0.1, -0.05) is 13.0 Å². The Balaban J connectivity index is 1.38. The molecule has 1 aromatic rings. The van der Waals surface area contributed by atoms with E-state index in [9.17, 15) is 9.59 Å². The summed E-state index contributed by atoms with van der Waals surface area (Å²) in [5, 5.41) is 0. The number of carbonyl (C=O) groups is 2. The Bertz CT molecular complexity index is 888. The second kappa shape index (κ2) is 8.39. The minimum absolute atomic E-state index is 0.143. The molecule has 0 heterocycles. The quantitative estimate of drug-likeness (QED) is 0.592. The third-order valence-corrected chi connectivity index (χ3v) is 8.82. The van der Waals surface area contributed by atoms with E-state index in [1.807, 2.05) is 0 Å². The van der Waals surface area contributed by atoms with E-state index in [4.69, 9.17) is 14.2 Å². The monoisotopic (exact) mass is 440 g/mol. The third kappa shape index (κ3) is 3.82. The van der Waals surface area contributed by atoms with Gasteiger partial charge in [-0.05, 0) is 98.8 Å². The lowest BCUT2D eigenvalue weighted by Crippen LogP contribution is -2.46. The van der Waals surface area contributed by atoms with Crippen LogP contribution in [0.15, 0.2) is 18.2 Å². The van der Waals surface area contributed by atoms with Gasteiger partial charge in [0, 0.05) is 19.3 Å². The maximum atomic E-state index is 11.9. The molecule has 5 nitrogen and oxygen atoms in total. The minimum Gasteiger partial charge on any atom is -0.490 e. The van der Waals surface area contributed by atoms with Crippen LogP contribution in [0.4, 0.5) is 0 Å². The molecule has 0 N–H and O–H groups in total. The fourth-order valence-corrected chi connectivity index (χ4v) is 7.49. The molecular weight excluding hydrogens is 404 g/mol.